The number of hydrogen-bond donors (Lipinski definition) is 0. The smallest absolute Gasteiger partial charge is 0.331 e. The summed E-state index contributed by atoms with van der Waals surface area (Å²) in [6, 6.07) is 12.0. The molecule has 7 heteroatoms. The Hall–Kier alpha value is -2.86. The van der Waals surface area contributed by atoms with Crippen molar-refractivity contribution in [3.63, 3.8) is 0 Å². The highest BCUT2D eigenvalue weighted by Gasteiger charge is 2.12. The fraction of sp³-hybridized carbons (Fsp3) is 0.238. The summed E-state index contributed by atoms with van der Waals surface area (Å²) >= 11 is 5.88. The molecule has 0 saturated carbocycles. The molecule has 0 aromatic heterocycles. The van der Waals surface area contributed by atoms with Gasteiger partial charge in [-0.2, -0.15) is 0 Å². The van der Waals surface area contributed by atoms with Crippen molar-refractivity contribution in [1.29, 1.82) is 0 Å². The minimum absolute atomic E-state index is 0.0886. The van der Waals surface area contributed by atoms with E-state index < -0.39 is 18.4 Å². The number of ether oxygens (including phenoxy) is 1. The van der Waals surface area contributed by atoms with Gasteiger partial charge in [0, 0.05) is 45.0 Å². The zero-order chi connectivity index (χ0) is 20.7. The molecule has 0 aliphatic rings. The van der Waals surface area contributed by atoms with Gasteiger partial charge in [0.1, 0.15) is 5.82 Å². The molecular weight excluding hydrogens is 383 g/mol. The monoisotopic (exact) mass is 404 g/mol. The maximum atomic E-state index is 13.6. The second-order valence-corrected chi connectivity index (χ2v) is 6.79. The summed E-state index contributed by atoms with van der Waals surface area (Å²) in [6.45, 7) is -0.00871. The maximum absolute atomic E-state index is 13.6. The summed E-state index contributed by atoms with van der Waals surface area (Å²) < 4.78 is 18.6. The normalized spacial score (nSPS) is 10.8. The Balaban J connectivity index is 1.85. The van der Waals surface area contributed by atoms with Gasteiger partial charge in [0.15, 0.2) is 6.61 Å². The first-order chi connectivity index (χ1) is 13.3. The Morgan fingerprint density at radius 3 is 2.39 bits per heavy atom. The van der Waals surface area contributed by atoms with Gasteiger partial charge in [-0.15, -0.1) is 0 Å². The molecule has 0 atom stereocenters. The van der Waals surface area contributed by atoms with Crippen LogP contribution in [0.25, 0.3) is 6.08 Å². The largest absolute Gasteiger partial charge is 0.452 e. The van der Waals surface area contributed by atoms with Crippen LogP contribution in [0.2, 0.25) is 5.02 Å². The molecule has 0 heterocycles. The lowest BCUT2D eigenvalue weighted by atomic mass is 10.2. The molecule has 0 N–H and O–H groups in total. The number of rotatable bonds is 7. The molecule has 5 nitrogen and oxygen atoms in total. The third-order valence-corrected chi connectivity index (χ3v) is 4.35. The minimum Gasteiger partial charge on any atom is -0.452 e. The number of amides is 1. The van der Waals surface area contributed by atoms with Crippen LogP contribution in [0, 0.1) is 5.82 Å². The predicted molar refractivity (Wildman–Crippen MR) is 109 cm³/mol. The van der Waals surface area contributed by atoms with Crippen molar-refractivity contribution in [2.45, 2.75) is 6.54 Å². The summed E-state index contributed by atoms with van der Waals surface area (Å²) in [5.41, 5.74) is 2.11. The number of esters is 1. The highest BCUT2D eigenvalue weighted by molar-refractivity contribution is 6.32. The van der Waals surface area contributed by atoms with Crippen molar-refractivity contribution in [2.24, 2.45) is 0 Å². The van der Waals surface area contributed by atoms with Gasteiger partial charge in [0.25, 0.3) is 5.91 Å². The van der Waals surface area contributed by atoms with Crippen molar-refractivity contribution >= 4 is 35.2 Å². The van der Waals surface area contributed by atoms with E-state index in [1.165, 1.54) is 29.2 Å². The van der Waals surface area contributed by atoms with E-state index in [1.54, 1.807) is 7.05 Å². The molecule has 28 heavy (non-hydrogen) atoms. The second-order valence-electron chi connectivity index (χ2n) is 6.39. The molecule has 2 rings (SSSR count). The third kappa shape index (κ3) is 6.09. The van der Waals surface area contributed by atoms with Gasteiger partial charge in [0.05, 0.1) is 5.02 Å². The van der Waals surface area contributed by atoms with Gasteiger partial charge in [0.2, 0.25) is 0 Å². The lowest BCUT2D eigenvalue weighted by Gasteiger charge is -2.18. The number of carbonyl (C=O) groups excluding carboxylic acids is 2. The number of halogens is 2. The molecule has 0 aliphatic heterocycles. The maximum Gasteiger partial charge on any atom is 0.331 e. The van der Waals surface area contributed by atoms with Crippen LogP contribution in [-0.2, 0) is 20.9 Å². The molecule has 2 aromatic carbocycles. The van der Waals surface area contributed by atoms with E-state index in [-0.39, 0.29) is 16.5 Å². The van der Waals surface area contributed by atoms with E-state index in [4.69, 9.17) is 16.3 Å². The SMILES string of the molecule is CN(Cc1ccc(N(C)C)cc1)C(=O)COC(=O)/C=C/c1c(F)cccc1Cl. The number of nitrogens with zero attached hydrogens (tertiary/aromatic N) is 2. The highest BCUT2D eigenvalue weighted by atomic mass is 35.5. The van der Waals surface area contributed by atoms with Crippen molar-refractivity contribution in [3.8, 4) is 0 Å². The van der Waals surface area contributed by atoms with Gasteiger partial charge in [-0.05, 0) is 35.9 Å². The van der Waals surface area contributed by atoms with Gasteiger partial charge < -0.3 is 14.5 Å². The van der Waals surface area contributed by atoms with Gasteiger partial charge in [-0.25, -0.2) is 9.18 Å². The van der Waals surface area contributed by atoms with Crippen molar-refractivity contribution in [1.82, 2.24) is 4.90 Å². The standard InChI is InChI=1S/C21H22ClFN2O3/c1-24(2)16-9-7-15(8-10-16)13-25(3)20(26)14-28-21(27)12-11-17-18(22)5-4-6-19(17)23/h4-12H,13-14H2,1-3H3/b12-11+. The fourth-order valence-electron chi connectivity index (χ4n) is 2.37. The molecule has 0 radical (unpaired) electrons. The summed E-state index contributed by atoms with van der Waals surface area (Å²) in [4.78, 5) is 27.4. The minimum atomic E-state index is -0.753. The van der Waals surface area contributed by atoms with Crippen LogP contribution in [0.3, 0.4) is 0 Å². The topological polar surface area (TPSA) is 49.9 Å². The van der Waals surface area contributed by atoms with Gasteiger partial charge in [-0.1, -0.05) is 29.8 Å². The molecule has 148 valence electrons. The Bertz CT molecular complexity index is 846. The average Bonchev–Trinajstić information content (AvgIpc) is 2.66. The first kappa shape index (κ1) is 21.4. The number of benzene rings is 2. The van der Waals surface area contributed by atoms with Crippen LogP contribution in [0.4, 0.5) is 10.1 Å². The molecule has 0 saturated heterocycles. The van der Waals surface area contributed by atoms with Crippen LogP contribution in [0.15, 0.2) is 48.5 Å². The van der Waals surface area contributed by atoms with E-state index in [2.05, 4.69) is 0 Å². The quantitative estimate of drug-likeness (QED) is 0.521. The van der Waals surface area contributed by atoms with Crippen molar-refractivity contribution < 1.29 is 18.7 Å². The summed E-state index contributed by atoms with van der Waals surface area (Å²) in [6.07, 6.45) is 2.26. The number of likely N-dealkylation sites (N-methyl/N-ethyl adjacent to an activating group) is 1. The van der Waals surface area contributed by atoms with E-state index in [1.807, 2.05) is 43.3 Å². The highest BCUT2D eigenvalue weighted by Crippen LogP contribution is 2.20. The van der Waals surface area contributed by atoms with Crippen LogP contribution in [-0.4, -0.2) is 44.5 Å². The van der Waals surface area contributed by atoms with Crippen LogP contribution >= 0.6 is 11.6 Å². The summed E-state index contributed by atoms with van der Waals surface area (Å²) in [5.74, 6) is -1.65. The van der Waals surface area contributed by atoms with Crippen molar-refractivity contribution in [3.05, 3.63) is 70.5 Å². The molecule has 0 spiro atoms. The van der Waals surface area contributed by atoms with Crippen LogP contribution < -0.4 is 4.90 Å². The third-order valence-electron chi connectivity index (χ3n) is 4.02. The van der Waals surface area contributed by atoms with E-state index in [9.17, 15) is 14.0 Å². The Morgan fingerprint density at radius 1 is 1.11 bits per heavy atom. The molecule has 0 fully saturated rings. The summed E-state index contributed by atoms with van der Waals surface area (Å²) in [5, 5.41) is 0.181. The Kier molecular flexibility index (Phi) is 7.58. The number of carbonyl (C=O) groups is 2. The zero-order valence-electron chi connectivity index (χ0n) is 16.0. The lowest BCUT2D eigenvalue weighted by molar-refractivity contribution is -0.147. The Morgan fingerprint density at radius 2 is 1.79 bits per heavy atom. The number of anilines is 1. The van der Waals surface area contributed by atoms with Gasteiger partial charge in [-0.3, -0.25) is 4.79 Å². The first-order valence-corrected chi connectivity index (χ1v) is 8.95. The molecule has 0 unspecified atom stereocenters. The van der Waals surface area contributed by atoms with Crippen molar-refractivity contribution in [2.75, 3.05) is 32.6 Å². The molecular formula is C21H22ClFN2O3. The predicted octanol–water partition coefficient (Wildman–Crippen LogP) is 3.76. The fourth-order valence-corrected chi connectivity index (χ4v) is 2.60. The molecule has 0 bridgehead atoms. The van der Waals surface area contributed by atoms with Crippen LogP contribution in [0.5, 0.6) is 0 Å². The first-order valence-electron chi connectivity index (χ1n) is 8.57. The molecule has 1 amide bonds. The van der Waals surface area contributed by atoms with E-state index >= 15 is 0 Å². The van der Waals surface area contributed by atoms with E-state index in [0.29, 0.717) is 6.54 Å². The zero-order valence-corrected chi connectivity index (χ0v) is 16.7. The second kappa shape index (κ2) is 9.90. The lowest BCUT2D eigenvalue weighted by Crippen LogP contribution is -2.30. The van der Waals surface area contributed by atoms with Crippen LogP contribution in [0.1, 0.15) is 11.1 Å². The molecule has 2 aromatic rings. The average molecular weight is 405 g/mol. The number of hydrogen-bond acceptors (Lipinski definition) is 4. The van der Waals surface area contributed by atoms with E-state index in [0.717, 1.165) is 17.3 Å². The Labute approximate surface area is 169 Å². The molecule has 0 aliphatic carbocycles. The summed E-state index contributed by atoms with van der Waals surface area (Å²) in [7, 11) is 5.53. The van der Waals surface area contributed by atoms with Gasteiger partial charge >= 0.3 is 5.97 Å².